The summed E-state index contributed by atoms with van der Waals surface area (Å²) >= 11 is 0. The molecule has 0 atom stereocenters. The molecule has 88 valence electrons. The second-order valence-electron chi connectivity index (χ2n) is 4.46. The third kappa shape index (κ3) is 2.22. The Labute approximate surface area is 99.9 Å². The SMILES string of the molecule is OCc1nc(C2CC2)nn1Cc1ccccc1. The first-order valence-electron chi connectivity index (χ1n) is 5.95. The van der Waals surface area contributed by atoms with Gasteiger partial charge in [0.15, 0.2) is 11.6 Å². The van der Waals surface area contributed by atoms with E-state index in [4.69, 9.17) is 0 Å². The Morgan fingerprint density at radius 1 is 1.24 bits per heavy atom. The van der Waals surface area contributed by atoms with Crippen LogP contribution in [-0.2, 0) is 13.2 Å². The van der Waals surface area contributed by atoms with Gasteiger partial charge in [-0.25, -0.2) is 9.67 Å². The van der Waals surface area contributed by atoms with Crippen LogP contribution in [0.1, 0.15) is 36.0 Å². The van der Waals surface area contributed by atoms with Crippen molar-refractivity contribution < 1.29 is 5.11 Å². The highest BCUT2D eigenvalue weighted by Gasteiger charge is 2.28. The van der Waals surface area contributed by atoms with E-state index in [1.165, 1.54) is 18.4 Å². The number of aliphatic hydroxyl groups excluding tert-OH is 1. The molecular formula is C13H15N3O. The lowest BCUT2D eigenvalue weighted by Gasteiger charge is -2.03. The number of rotatable bonds is 4. The average Bonchev–Trinajstić information content (AvgIpc) is 3.13. The fourth-order valence-corrected chi connectivity index (χ4v) is 1.91. The van der Waals surface area contributed by atoms with Crippen molar-refractivity contribution in [2.24, 2.45) is 0 Å². The van der Waals surface area contributed by atoms with Crippen molar-refractivity contribution in [1.82, 2.24) is 14.8 Å². The number of aliphatic hydroxyl groups is 1. The standard InChI is InChI=1S/C13H15N3O/c17-9-12-14-13(11-6-7-11)15-16(12)8-10-4-2-1-3-5-10/h1-5,11,17H,6-9H2. The molecule has 1 N–H and O–H groups in total. The monoisotopic (exact) mass is 229 g/mol. The van der Waals surface area contributed by atoms with Gasteiger partial charge in [0.25, 0.3) is 0 Å². The van der Waals surface area contributed by atoms with Crippen molar-refractivity contribution in [3.05, 3.63) is 47.5 Å². The highest BCUT2D eigenvalue weighted by Crippen LogP contribution is 2.38. The molecule has 4 heteroatoms. The van der Waals surface area contributed by atoms with Crippen molar-refractivity contribution >= 4 is 0 Å². The first-order valence-corrected chi connectivity index (χ1v) is 5.95. The molecule has 1 aromatic carbocycles. The van der Waals surface area contributed by atoms with E-state index in [2.05, 4.69) is 22.2 Å². The van der Waals surface area contributed by atoms with Crippen LogP contribution in [0, 0.1) is 0 Å². The van der Waals surface area contributed by atoms with Crippen molar-refractivity contribution in [2.75, 3.05) is 0 Å². The van der Waals surface area contributed by atoms with Gasteiger partial charge in [0, 0.05) is 5.92 Å². The molecule has 0 radical (unpaired) electrons. The minimum atomic E-state index is -0.0491. The van der Waals surface area contributed by atoms with Crippen LogP contribution in [0.2, 0.25) is 0 Å². The van der Waals surface area contributed by atoms with E-state index in [1.807, 2.05) is 22.9 Å². The van der Waals surface area contributed by atoms with Gasteiger partial charge in [0.05, 0.1) is 6.54 Å². The molecule has 1 fully saturated rings. The highest BCUT2D eigenvalue weighted by molar-refractivity contribution is 5.15. The normalized spacial score (nSPS) is 15.1. The van der Waals surface area contributed by atoms with Crippen LogP contribution in [0.5, 0.6) is 0 Å². The molecule has 2 aromatic rings. The number of hydrogen-bond donors (Lipinski definition) is 1. The fraction of sp³-hybridized carbons (Fsp3) is 0.385. The van der Waals surface area contributed by atoms with Crippen LogP contribution in [-0.4, -0.2) is 19.9 Å². The number of aromatic nitrogens is 3. The summed E-state index contributed by atoms with van der Waals surface area (Å²) in [5.74, 6) is 2.08. The number of benzene rings is 1. The zero-order valence-electron chi connectivity index (χ0n) is 9.58. The van der Waals surface area contributed by atoms with E-state index in [0.717, 1.165) is 5.82 Å². The minimum Gasteiger partial charge on any atom is -0.388 e. The topological polar surface area (TPSA) is 50.9 Å². The van der Waals surface area contributed by atoms with Crippen LogP contribution in [0.3, 0.4) is 0 Å². The molecule has 1 aromatic heterocycles. The smallest absolute Gasteiger partial charge is 0.154 e. The van der Waals surface area contributed by atoms with Gasteiger partial charge in [-0.15, -0.1) is 0 Å². The Kier molecular flexibility index (Phi) is 2.65. The third-order valence-corrected chi connectivity index (χ3v) is 3.02. The summed E-state index contributed by atoms with van der Waals surface area (Å²) in [4.78, 5) is 4.39. The molecule has 3 rings (SSSR count). The zero-order valence-corrected chi connectivity index (χ0v) is 9.58. The quantitative estimate of drug-likeness (QED) is 0.868. The molecule has 0 spiro atoms. The lowest BCUT2D eigenvalue weighted by atomic mass is 10.2. The van der Waals surface area contributed by atoms with Gasteiger partial charge in [0.1, 0.15) is 6.61 Å². The number of hydrogen-bond acceptors (Lipinski definition) is 3. The van der Waals surface area contributed by atoms with Crippen molar-refractivity contribution in [1.29, 1.82) is 0 Å². The molecule has 0 unspecified atom stereocenters. The second-order valence-corrected chi connectivity index (χ2v) is 4.46. The third-order valence-electron chi connectivity index (χ3n) is 3.02. The Morgan fingerprint density at radius 3 is 2.65 bits per heavy atom. The maximum absolute atomic E-state index is 9.29. The molecule has 0 bridgehead atoms. The molecule has 1 heterocycles. The summed E-state index contributed by atoms with van der Waals surface area (Å²) in [5, 5.41) is 13.8. The minimum absolute atomic E-state index is 0.0491. The first kappa shape index (κ1) is 10.5. The molecule has 1 aliphatic rings. The maximum atomic E-state index is 9.29. The highest BCUT2D eigenvalue weighted by atomic mass is 16.3. The summed E-state index contributed by atoms with van der Waals surface area (Å²) in [6.07, 6.45) is 2.36. The van der Waals surface area contributed by atoms with E-state index >= 15 is 0 Å². The van der Waals surface area contributed by atoms with Crippen LogP contribution < -0.4 is 0 Å². The molecule has 0 saturated heterocycles. The molecule has 0 aliphatic heterocycles. The Balaban J connectivity index is 1.86. The van der Waals surface area contributed by atoms with Gasteiger partial charge in [0.2, 0.25) is 0 Å². The van der Waals surface area contributed by atoms with Gasteiger partial charge in [-0.3, -0.25) is 0 Å². The lowest BCUT2D eigenvalue weighted by Crippen LogP contribution is -2.06. The van der Waals surface area contributed by atoms with Gasteiger partial charge in [-0.2, -0.15) is 5.10 Å². The lowest BCUT2D eigenvalue weighted by molar-refractivity contribution is 0.264. The van der Waals surface area contributed by atoms with Crippen LogP contribution in [0.4, 0.5) is 0 Å². The van der Waals surface area contributed by atoms with Gasteiger partial charge in [-0.05, 0) is 18.4 Å². The maximum Gasteiger partial charge on any atom is 0.154 e. The summed E-state index contributed by atoms with van der Waals surface area (Å²) < 4.78 is 1.81. The molecule has 4 nitrogen and oxygen atoms in total. The molecular weight excluding hydrogens is 214 g/mol. The van der Waals surface area contributed by atoms with Crippen LogP contribution in [0.25, 0.3) is 0 Å². The molecule has 1 saturated carbocycles. The predicted octanol–water partition coefficient (Wildman–Crippen LogP) is 1.70. The summed E-state index contributed by atoms with van der Waals surface area (Å²) in [5.41, 5.74) is 1.18. The largest absolute Gasteiger partial charge is 0.388 e. The van der Waals surface area contributed by atoms with Crippen molar-refractivity contribution in [3.8, 4) is 0 Å². The fourth-order valence-electron chi connectivity index (χ4n) is 1.91. The molecule has 17 heavy (non-hydrogen) atoms. The van der Waals surface area contributed by atoms with Crippen LogP contribution >= 0.6 is 0 Å². The zero-order chi connectivity index (χ0) is 11.7. The van der Waals surface area contributed by atoms with E-state index in [1.54, 1.807) is 0 Å². The van der Waals surface area contributed by atoms with Crippen molar-refractivity contribution in [2.45, 2.75) is 31.9 Å². The average molecular weight is 229 g/mol. The summed E-state index contributed by atoms with van der Waals surface area (Å²) in [6.45, 7) is 0.628. The van der Waals surface area contributed by atoms with Gasteiger partial charge >= 0.3 is 0 Å². The number of nitrogens with zero attached hydrogens (tertiary/aromatic N) is 3. The Bertz CT molecular complexity index is 503. The van der Waals surface area contributed by atoms with Gasteiger partial charge in [-0.1, -0.05) is 30.3 Å². The van der Waals surface area contributed by atoms with Crippen molar-refractivity contribution in [3.63, 3.8) is 0 Å². The Morgan fingerprint density at radius 2 is 2.00 bits per heavy atom. The van der Waals surface area contributed by atoms with E-state index in [0.29, 0.717) is 18.3 Å². The molecule has 0 amide bonds. The van der Waals surface area contributed by atoms with E-state index in [-0.39, 0.29) is 6.61 Å². The summed E-state index contributed by atoms with van der Waals surface area (Å²) in [6, 6.07) is 10.1. The Hall–Kier alpha value is -1.68. The van der Waals surface area contributed by atoms with Crippen LogP contribution in [0.15, 0.2) is 30.3 Å². The predicted molar refractivity (Wildman–Crippen MR) is 63.5 cm³/mol. The summed E-state index contributed by atoms with van der Waals surface area (Å²) in [7, 11) is 0. The van der Waals surface area contributed by atoms with Gasteiger partial charge < -0.3 is 5.11 Å². The second kappa shape index (κ2) is 4.30. The van der Waals surface area contributed by atoms with E-state index in [9.17, 15) is 5.11 Å². The first-order chi connectivity index (χ1) is 8.36. The van der Waals surface area contributed by atoms with E-state index < -0.39 is 0 Å². The molecule has 1 aliphatic carbocycles.